The van der Waals surface area contributed by atoms with Gasteiger partial charge in [-0.15, -0.1) is 0 Å². The molecular formula is C10H17F3O6S. The van der Waals surface area contributed by atoms with E-state index in [4.69, 9.17) is 4.74 Å². The van der Waals surface area contributed by atoms with Crippen molar-refractivity contribution >= 4 is 16.1 Å². The second-order valence-electron chi connectivity index (χ2n) is 4.80. The fourth-order valence-electron chi connectivity index (χ4n) is 1.01. The van der Waals surface area contributed by atoms with Gasteiger partial charge < -0.3 is 9.47 Å². The van der Waals surface area contributed by atoms with Crippen molar-refractivity contribution in [2.24, 2.45) is 0 Å². The molecule has 1 unspecified atom stereocenters. The van der Waals surface area contributed by atoms with E-state index >= 15 is 0 Å². The van der Waals surface area contributed by atoms with Gasteiger partial charge in [0.05, 0.1) is 0 Å². The Morgan fingerprint density at radius 2 is 1.70 bits per heavy atom. The Bertz CT molecular complexity index is 423. The number of methoxy groups -OCH3 is 1. The van der Waals surface area contributed by atoms with Crippen molar-refractivity contribution < 1.29 is 40.0 Å². The van der Waals surface area contributed by atoms with Crippen molar-refractivity contribution in [1.82, 2.24) is 0 Å². The van der Waals surface area contributed by atoms with Crippen molar-refractivity contribution in [3.8, 4) is 0 Å². The number of ether oxygens (including phenoxy) is 2. The fourth-order valence-corrected chi connectivity index (χ4v) is 1.59. The minimum Gasteiger partial charge on any atom is -0.458 e. The predicted molar refractivity (Wildman–Crippen MR) is 62.2 cm³/mol. The van der Waals surface area contributed by atoms with Gasteiger partial charge in [0.2, 0.25) is 0 Å². The highest BCUT2D eigenvalue weighted by atomic mass is 32.2. The summed E-state index contributed by atoms with van der Waals surface area (Å²) >= 11 is 0. The zero-order valence-electron chi connectivity index (χ0n) is 11.5. The molecule has 0 aromatic carbocycles. The second kappa shape index (κ2) is 6.72. The SMILES string of the molecule is COCCC(OS(=O)(=O)C(F)(F)F)C(=O)OC(C)(C)C. The van der Waals surface area contributed by atoms with Crippen LogP contribution in [0.25, 0.3) is 0 Å². The predicted octanol–water partition coefficient (Wildman–Crippen LogP) is 1.60. The summed E-state index contributed by atoms with van der Waals surface area (Å²) in [6.45, 7) is 4.28. The molecule has 0 bridgehead atoms. The maximum atomic E-state index is 12.2. The Morgan fingerprint density at radius 3 is 2.05 bits per heavy atom. The maximum Gasteiger partial charge on any atom is 0.523 e. The summed E-state index contributed by atoms with van der Waals surface area (Å²) in [5.41, 5.74) is -6.60. The van der Waals surface area contributed by atoms with E-state index in [1.54, 1.807) is 0 Å². The van der Waals surface area contributed by atoms with Crippen molar-refractivity contribution in [3.63, 3.8) is 0 Å². The van der Waals surface area contributed by atoms with Gasteiger partial charge in [-0.1, -0.05) is 0 Å². The van der Waals surface area contributed by atoms with E-state index in [1.165, 1.54) is 27.9 Å². The maximum absolute atomic E-state index is 12.2. The van der Waals surface area contributed by atoms with Crippen LogP contribution in [0.15, 0.2) is 0 Å². The summed E-state index contributed by atoms with van der Waals surface area (Å²) in [6, 6.07) is 0. The smallest absolute Gasteiger partial charge is 0.458 e. The number of carbonyl (C=O) groups is 1. The van der Waals surface area contributed by atoms with E-state index in [2.05, 4.69) is 8.92 Å². The van der Waals surface area contributed by atoms with Gasteiger partial charge in [-0.3, -0.25) is 0 Å². The van der Waals surface area contributed by atoms with Gasteiger partial charge in [-0.05, 0) is 20.8 Å². The molecule has 120 valence electrons. The number of esters is 1. The van der Waals surface area contributed by atoms with Gasteiger partial charge in [0.15, 0.2) is 6.10 Å². The quantitative estimate of drug-likeness (QED) is 0.420. The van der Waals surface area contributed by atoms with Gasteiger partial charge >= 0.3 is 21.6 Å². The number of carbonyl (C=O) groups excluding carboxylic acids is 1. The van der Waals surface area contributed by atoms with Crippen LogP contribution in [0.5, 0.6) is 0 Å². The Labute approximate surface area is 115 Å². The molecule has 0 fully saturated rings. The van der Waals surface area contributed by atoms with Gasteiger partial charge in [0.25, 0.3) is 0 Å². The zero-order chi connectivity index (χ0) is 16.2. The van der Waals surface area contributed by atoms with Crippen molar-refractivity contribution in [2.75, 3.05) is 13.7 Å². The molecule has 0 heterocycles. The van der Waals surface area contributed by atoms with E-state index < -0.39 is 33.3 Å². The van der Waals surface area contributed by atoms with Gasteiger partial charge in [-0.2, -0.15) is 21.6 Å². The first-order chi connectivity index (χ1) is 8.80. The molecule has 0 aliphatic heterocycles. The molecule has 0 amide bonds. The van der Waals surface area contributed by atoms with E-state index in [0.717, 1.165) is 0 Å². The molecule has 10 heteroatoms. The van der Waals surface area contributed by atoms with Gasteiger partial charge in [-0.25, -0.2) is 8.98 Å². The van der Waals surface area contributed by atoms with Crippen LogP contribution in [0.2, 0.25) is 0 Å². The minimum atomic E-state index is -5.88. The number of hydrogen-bond donors (Lipinski definition) is 0. The summed E-state index contributed by atoms with van der Waals surface area (Å²) in [5, 5.41) is 0. The second-order valence-corrected chi connectivity index (χ2v) is 6.36. The van der Waals surface area contributed by atoms with Crippen LogP contribution in [0.1, 0.15) is 27.2 Å². The number of rotatable bonds is 6. The topological polar surface area (TPSA) is 78.9 Å². The molecule has 0 aliphatic carbocycles. The molecule has 0 spiro atoms. The molecule has 0 aliphatic rings. The van der Waals surface area contributed by atoms with E-state index in [0.29, 0.717) is 0 Å². The van der Waals surface area contributed by atoms with E-state index in [-0.39, 0.29) is 13.0 Å². The van der Waals surface area contributed by atoms with Crippen LogP contribution in [0.4, 0.5) is 13.2 Å². The standard InChI is InChI=1S/C10H17F3O6S/c1-9(2,3)18-8(14)7(5-6-17-4)19-20(15,16)10(11,12)13/h7H,5-6H2,1-4H3. The lowest BCUT2D eigenvalue weighted by molar-refractivity contribution is -0.164. The Balaban J connectivity index is 5.04. The van der Waals surface area contributed by atoms with Crippen LogP contribution in [0, 0.1) is 0 Å². The monoisotopic (exact) mass is 322 g/mol. The lowest BCUT2D eigenvalue weighted by atomic mass is 10.2. The Hall–Kier alpha value is -0.870. The first-order valence-electron chi connectivity index (χ1n) is 5.51. The largest absolute Gasteiger partial charge is 0.523 e. The highest BCUT2D eigenvalue weighted by molar-refractivity contribution is 7.87. The van der Waals surface area contributed by atoms with Gasteiger partial charge in [0.1, 0.15) is 5.60 Å². The summed E-state index contributed by atoms with van der Waals surface area (Å²) in [6.07, 6.45) is -2.30. The molecular weight excluding hydrogens is 305 g/mol. The molecule has 0 radical (unpaired) electrons. The van der Waals surface area contributed by atoms with Gasteiger partial charge in [0, 0.05) is 20.1 Å². The molecule has 0 aromatic rings. The molecule has 0 rings (SSSR count). The van der Waals surface area contributed by atoms with E-state index in [9.17, 15) is 26.4 Å². The molecule has 0 saturated carbocycles. The molecule has 1 atom stereocenters. The summed E-state index contributed by atoms with van der Waals surface area (Å²) in [4.78, 5) is 11.6. The third kappa shape index (κ3) is 6.53. The summed E-state index contributed by atoms with van der Waals surface area (Å²) < 4.78 is 71.8. The lowest BCUT2D eigenvalue weighted by Gasteiger charge is -2.23. The van der Waals surface area contributed by atoms with Crippen molar-refractivity contribution in [3.05, 3.63) is 0 Å². The van der Waals surface area contributed by atoms with Crippen molar-refractivity contribution in [1.29, 1.82) is 0 Å². The molecule has 0 N–H and O–H groups in total. The van der Waals surface area contributed by atoms with Crippen LogP contribution < -0.4 is 0 Å². The van der Waals surface area contributed by atoms with E-state index in [1.807, 2.05) is 0 Å². The summed E-state index contributed by atoms with van der Waals surface area (Å²) in [5.74, 6) is -1.21. The number of alkyl halides is 3. The molecule has 20 heavy (non-hydrogen) atoms. The van der Waals surface area contributed by atoms with Crippen molar-refractivity contribution in [2.45, 2.75) is 44.4 Å². The number of halogens is 3. The highest BCUT2D eigenvalue weighted by Crippen LogP contribution is 2.27. The molecule has 0 saturated heterocycles. The molecule has 0 aromatic heterocycles. The van der Waals surface area contributed by atoms with Crippen LogP contribution in [0.3, 0.4) is 0 Å². The average Bonchev–Trinajstić information content (AvgIpc) is 2.19. The Morgan fingerprint density at radius 1 is 1.20 bits per heavy atom. The first kappa shape index (κ1) is 19.1. The van der Waals surface area contributed by atoms with Crippen LogP contribution in [-0.2, 0) is 28.6 Å². The third-order valence-corrected chi connectivity index (χ3v) is 2.83. The summed E-state index contributed by atoms with van der Waals surface area (Å²) in [7, 11) is -4.64. The number of hydrogen-bond acceptors (Lipinski definition) is 6. The van der Waals surface area contributed by atoms with Crippen LogP contribution in [-0.4, -0.2) is 45.3 Å². The normalized spacial score (nSPS) is 14.9. The Kier molecular flexibility index (Phi) is 6.43. The minimum absolute atomic E-state index is 0.169. The average molecular weight is 322 g/mol. The third-order valence-electron chi connectivity index (χ3n) is 1.78. The lowest BCUT2D eigenvalue weighted by Crippen LogP contribution is -2.38. The highest BCUT2D eigenvalue weighted by Gasteiger charge is 2.49. The van der Waals surface area contributed by atoms with Crippen LogP contribution >= 0.6 is 0 Å². The fraction of sp³-hybridized carbons (Fsp3) is 0.900. The zero-order valence-corrected chi connectivity index (χ0v) is 12.3. The first-order valence-corrected chi connectivity index (χ1v) is 6.92. The molecule has 6 nitrogen and oxygen atoms in total.